The summed E-state index contributed by atoms with van der Waals surface area (Å²) in [5.41, 5.74) is 1.35. The number of phenolic OH excluding ortho intramolecular Hbond substituents is 1. The van der Waals surface area contributed by atoms with Gasteiger partial charge in [0.1, 0.15) is 5.75 Å². The molecule has 0 bridgehead atoms. The van der Waals surface area contributed by atoms with E-state index in [4.69, 9.17) is 0 Å². The second-order valence-electron chi connectivity index (χ2n) is 4.51. The Kier molecular flexibility index (Phi) is 3.72. The van der Waals surface area contributed by atoms with Crippen molar-refractivity contribution in [2.75, 3.05) is 13.1 Å². The number of hydrogen-bond donors (Lipinski definition) is 1. The zero-order chi connectivity index (χ0) is 12.4. The number of amides is 1. The molecule has 0 spiro atoms. The number of halogens is 1. The summed E-state index contributed by atoms with van der Waals surface area (Å²) in [7, 11) is 0. The fraction of sp³-hybridized carbons (Fsp3) is 0.462. The van der Waals surface area contributed by atoms with Crippen LogP contribution in [0.25, 0.3) is 0 Å². The molecule has 1 aromatic carbocycles. The van der Waals surface area contributed by atoms with Gasteiger partial charge in [0.15, 0.2) is 0 Å². The number of phenols is 1. The summed E-state index contributed by atoms with van der Waals surface area (Å²) >= 11 is 3.54. The molecule has 1 atom stereocenters. The number of hydrogen-bond acceptors (Lipinski definition) is 2. The molecule has 1 fully saturated rings. The smallest absolute Gasteiger partial charge is 0.257 e. The Morgan fingerprint density at radius 2 is 2.29 bits per heavy atom. The van der Waals surface area contributed by atoms with Crippen LogP contribution in [0.2, 0.25) is 0 Å². The zero-order valence-corrected chi connectivity index (χ0v) is 11.4. The fourth-order valence-corrected chi connectivity index (χ4v) is 2.78. The normalized spacial score (nSPS) is 20.4. The number of nitrogens with zero attached hydrogens (tertiary/aromatic N) is 1. The average molecular weight is 298 g/mol. The fourth-order valence-electron chi connectivity index (χ4n) is 2.10. The van der Waals surface area contributed by atoms with Crippen molar-refractivity contribution in [3.05, 3.63) is 29.3 Å². The van der Waals surface area contributed by atoms with Gasteiger partial charge in [-0.15, -0.1) is 0 Å². The number of alkyl halides is 1. The molecular weight excluding hydrogens is 282 g/mol. The highest BCUT2D eigenvalue weighted by atomic mass is 79.9. The largest absolute Gasteiger partial charge is 0.507 e. The van der Waals surface area contributed by atoms with Crippen molar-refractivity contribution in [3.8, 4) is 5.75 Å². The second-order valence-corrected chi connectivity index (χ2v) is 5.81. The first kappa shape index (κ1) is 12.4. The number of carbonyl (C=O) groups is 1. The monoisotopic (exact) mass is 297 g/mol. The molecule has 1 aliphatic rings. The average Bonchev–Trinajstić information content (AvgIpc) is 2.28. The van der Waals surface area contributed by atoms with Crippen molar-refractivity contribution in [1.29, 1.82) is 0 Å². The summed E-state index contributed by atoms with van der Waals surface area (Å²) < 4.78 is 0. The summed E-state index contributed by atoms with van der Waals surface area (Å²) in [5.74, 6) is -0.00153. The van der Waals surface area contributed by atoms with Crippen LogP contribution in [0.15, 0.2) is 18.2 Å². The van der Waals surface area contributed by atoms with E-state index >= 15 is 0 Å². The van der Waals surface area contributed by atoms with Gasteiger partial charge >= 0.3 is 0 Å². The zero-order valence-electron chi connectivity index (χ0n) is 9.82. The second kappa shape index (κ2) is 5.08. The molecule has 92 valence electrons. The molecule has 0 radical (unpaired) electrons. The van der Waals surface area contributed by atoms with Crippen molar-refractivity contribution < 1.29 is 9.90 Å². The van der Waals surface area contributed by atoms with Crippen LogP contribution in [-0.4, -0.2) is 33.8 Å². The SMILES string of the molecule is Cc1ccc(C(=O)N2CCCC(Br)C2)c(O)c1. The maximum atomic E-state index is 12.2. The number of aryl methyl sites for hydroxylation is 1. The van der Waals surface area contributed by atoms with Gasteiger partial charge in [-0.1, -0.05) is 22.0 Å². The first-order chi connectivity index (χ1) is 8.08. The predicted molar refractivity (Wildman–Crippen MR) is 70.7 cm³/mol. The third-order valence-corrected chi connectivity index (χ3v) is 3.78. The molecule has 1 aliphatic heterocycles. The predicted octanol–water partition coefficient (Wildman–Crippen LogP) is 2.70. The highest BCUT2D eigenvalue weighted by Gasteiger charge is 2.24. The molecule has 1 amide bonds. The molecule has 1 aromatic rings. The Morgan fingerprint density at radius 1 is 1.53 bits per heavy atom. The van der Waals surface area contributed by atoms with Crippen LogP contribution in [0, 0.1) is 6.92 Å². The maximum Gasteiger partial charge on any atom is 0.257 e. The van der Waals surface area contributed by atoms with E-state index in [0.29, 0.717) is 16.9 Å². The molecule has 1 saturated heterocycles. The van der Waals surface area contributed by atoms with Gasteiger partial charge in [0.25, 0.3) is 5.91 Å². The molecule has 4 heteroatoms. The van der Waals surface area contributed by atoms with E-state index in [1.165, 1.54) is 0 Å². The van der Waals surface area contributed by atoms with Crippen LogP contribution in [0.1, 0.15) is 28.8 Å². The third-order valence-electron chi connectivity index (χ3n) is 3.03. The molecule has 3 nitrogen and oxygen atoms in total. The Bertz CT molecular complexity index is 433. The van der Waals surface area contributed by atoms with Crippen molar-refractivity contribution in [2.24, 2.45) is 0 Å². The molecule has 1 unspecified atom stereocenters. The lowest BCUT2D eigenvalue weighted by molar-refractivity contribution is 0.0727. The topological polar surface area (TPSA) is 40.5 Å². The highest BCUT2D eigenvalue weighted by molar-refractivity contribution is 9.09. The molecular formula is C13H16BrNO2. The van der Waals surface area contributed by atoms with Gasteiger partial charge in [0, 0.05) is 17.9 Å². The summed E-state index contributed by atoms with van der Waals surface area (Å²) in [6, 6.07) is 5.18. The minimum atomic E-state index is -0.0772. The maximum absolute atomic E-state index is 12.2. The van der Waals surface area contributed by atoms with Crippen LogP contribution in [0.4, 0.5) is 0 Å². The Labute approximate surface area is 110 Å². The van der Waals surface area contributed by atoms with Gasteiger partial charge in [-0.25, -0.2) is 0 Å². The molecule has 17 heavy (non-hydrogen) atoms. The van der Waals surface area contributed by atoms with Crippen LogP contribution in [0.5, 0.6) is 5.75 Å². The van der Waals surface area contributed by atoms with Crippen molar-refractivity contribution in [3.63, 3.8) is 0 Å². The van der Waals surface area contributed by atoms with Gasteiger partial charge in [-0.2, -0.15) is 0 Å². The number of likely N-dealkylation sites (tertiary alicyclic amines) is 1. The first-order valence-electron chi connectivity index (χ1n) is 5.81. The van der Waals surface area contributed by atoms with Crippen molar-refractivity contribution in [2.45, 2.75) is 24.6 Å². The molecule has 0 aromatic heterocycles. The lowest BCUT2D eigenvalue weighted by Crippen LogP contribution is -2.40. The van der Waals surface area contributed by atoms with E-state index in [1.54, 1.807) is 17.0 Å². The van der Waals surface area contributed by atoms with Gasteiger partial charge in [-0.05, 0) is 37.5 Å². The molecule has 1 heterocycles. The van der Waals surface area contributed by atoms with Crippen LogP contribution in [-0.2, 0) is 0 Å². The first-order valence-corrected chi connectivity index (χ1v) is 6.72. The quantitative estimate of drug-likeness (QED) is 0.810. The Hall–Kier alpha value is -1.03. The molecule has 2 rings (SSSR count). The highest BCUT2D eigenvalue weighted by Crippen LogP contribution is 2.23. The number of benzene rings is 1. The summed E-state index contributed by atoms with van der Waals surface area (Å²) in [6.45, 7) is 3.38. The van der Waals surface area contributed by atoms with Crippen molar-refractivity contribution >= 4 is 21.8 Å². The van der Waals surface area contributed by atoms with Gasteiger partial charge in [0.05, 0.1) is 5.56 Å². The van der Waals surface area contributed by atoms with E-state index in [0.717, 1.165) is 24.9 Å². The van der Waals surface area contributed by atoms with E-state index < -0.39 is 0 Å². The standard InChI is InChI=1S/C13H16BrNO2/c1-9-4-5-11(12(16)7-9)13(17)15-6-2-3-10(14)8-15/h4-5,7,10,16H,2-3,6,8H2,1H3. The van der Waals surface area contributed by atoms with Crippen LogP contribution >= 0.6 is 15.9 Å². The summed E-state index contributed by atoms with van der Waals surface area (Å²) in [5, 5.41) is 9.80. The van der Waals surface area contributed by atoms with Gasteiger partial charge in [0.2, 0.25) is 0 Å². The molecule has 0 aliphatic carbocycles. The Balaban J connectivity index is 2.18. The van der Waals surface area contributed by atoms with Gasteiger partial charge in [-0.3, -0.25) is 4.79 Å². The lowest BCUT2D eigenvalue weighted by Gasteiger charge is -2.30. The molecule has 0 saturated carbocycles. The third kappa shape index (κ3) is 2.80. The molecule has 1 N–H and O–H groups in total. The van der Waals surface area contributed by atoms with Crippen molar-refractivity contribution in [1.82, 2.24) is 4.90 Å². The number of rotatable bonds is 1. The summed E-state index contributed by atoms with van der Waals surface area (Å²) in [6.07, 6.45) is 2.11. The number of carbonyl (C=O) groups excluding carboxylic acids is 1. The lowest BCUT2D eigenvalue weighted by atomic mass is 10.1. The number of piperidine rings is 1. The van der Waals surface area contributed by atoms with Crippen LogP contribution in [0.3, 0.4) is 0 Å². The number of aromatic hydroxyl groups is 1. The summed E-state index contributed by atoms with van der Waals surface area (Å²) in [4.78, 5) is 14.4. The van der Waals surface area contributed by atoms with E-state index in [-0.39, 0.29) is 11.7 Å². The van der Waals surface area contributed by atoms with E-state index in [2.05, 4.69) is 15.9 Å². The van der Waals surface area contributed by atoms with E-state index in [9.17, 15) is 9.90 Å². The Morgan fingerprint density at radius 3 is 2.94 bits per heavy atom. The minimum Gasteiger partial charge on any atom is -0.507 e. The van der Waals surface area contributed by atoms with Gasteiger partial charge < -0.3 is 10.0 Å². The van der Waals surface area contributed by atoms with E-state index in [1.807, 2.05) is 13.0 Å². The van der Waals surface area contributed by atoms with Crippen LogP contribution < -0.4 is 0 Å². The minimum absolute atomic E-state index is 0.0756.